The third-order valence-corrected chi connectivity index (χ3v) is 2.49. The molecule has 0 aliphatic heterocycles. The van der Waals surface area contributed by atoms with Gasteiger partial charge in [0.15, 0.2) is 0 Å². The Morgan fingerprint density at radius 1 is 1.07 bits per heavy atom. The van der Waals surface area contributed by atoms with E-state index in [0.717, 1.165) is 16.6 Å². The fourth-order valence-electron chi connectivity index (χ4n) is 1.83. The zero-order chi connectivity index (χ0) is 9.54. The quantitative estimate of drug-likeness (QED) is 0.545. The molecule has 0 saturated heterocycles. The van der Waals surface area contributed by atoms with Crippen LogP contribution in [-0.4, -0.2) is 4.98 Å². The normalized spacial score (nSPS) is 10.6. The summed E-state index contributed by atoms with van der Waals surface area (Å²) in [5.74, 6) is 0. The maximum absolute atomic E-state index is 3.32. The lowest BCUT2D eigenvalue weighted by molar-refractivity contribution is 1.50. The summed E-state index contributed by atoms with van der Waals surface area (Å²) in [6.45, 7) is 2.04. The van der Waals surface area contributed by atoms with Crippen LogP contribution < -0.4 is 0 Å². The largest absolute Gasteiger partial charge is 0.348 e. The lowest BCUT2D eigenvalue weighted by Crippen LogP contribution is -1.67. The molecule has 0 aliphatic carbocycles. The number of benzene rings is 1. The molecule has 0 unspecified atom stereocenters. The van der Waals surface area contributed by atoms with E-state index in [1.807, 2.05) is 13.0 Å². The van der Waals surface area contributed by atoms with Crippen molar-refractivity contribution in [1.29, 1.82) is 0 Å². The summed E-state index contributed by atoms with van der Waals surface area (Å²) in [7, 11) is 0. The predicted octanol–water partition coefficient (Wildman–Crippen LogP) is 3.23. The zero-order valence-electron chi connectivity index (χ0n) is 7.89. The molecule has 1 aromatic heterocycles. The number of hydrogen-bond acceptors (Lipinski definition) is 0. The molecule has 0 spiro atoms. The van der Waals surface area contributed by atoms with Gasteiger partial charge in [-0.05, 0) is 25.1 Å². The van der Waals surface area contributed by atoms with Crippen LogP contribution in [0.3, 0.4) is 0 Å². The molecule has 3 aromatic rings. The van der Waals surface area contributed by atoms with Gasteiger partial charge in [0.2, 0.25) is 0 Å². The van der Waals surface area contributed by atoms with Crippen LogP contribution >= 0.6 is 0 Å². The molecule has 1 heteroatoms. The van der Waals surface area contributed by atoms with Gasteiger partial charge in [0, 0.05) is 21.9 Å². The van der Waals surface area contributed by atoms with Crippen molar-refractivity contribution in [1.82, 2.24) is 4.98 Å². The molecule has 1 N–H and O–H groups in total. The van der Waals surface area contributed by atoms with Crippen molar-refractivity contribution in [3.63, 3.8) is 0 Å². The molecular formula is C13H9N. The second kappa shape index (κ2) is 2.52. The number of para-hydroxylation sites is 1. The number of aromatic nitrogens is 1. The molecule has 14 heavy (non-hydrogen) atoms. The van der Waals surface area contributed by atoms with Crippen LogP contribution in [0.1, 0.15) is 5.56 Å². The van der Waals surface area contributed by atoms with Crippen molar-refractivity contribution >= 4 is 21.8 Å². The van der Waals surface area contributed by atoms with E-state index in [9.17, 15) is 0 Å². The summed E-state index contributed by atoms with van der Waals surface area (Å²) in [4.78, 5) is 3.32. The Morgan fingerprint density at radius 2 is 1.93 bits per heavy atom. The Morgan fingerprint density at radius 3 is 2.86 bits per heavy atom. The van der Waals surface area contributed by atoms with Gasteiger partial charge >= 0.3 is 0 Å². The number of fused-ring (bicyclic) bond motifs is 3. The molecule has 66 valence electrons. The van der Waals surface area contributed by atoms with Crippen LogP contribution in [0, 0.1) is 19.1 Å². The van der Waals surface area contributed by atoms with Gasteiger partial charge in [-0.1, -0.05) is 24.3 Å². The number of hydrogen-bond donors (Lipinski definition) is 1. The summed E-state index contributed by atoms with van der Waals surface area (Å²) in [5, 5.41) is 2.49. The molecule has 0 aliphatic rings. The summed E-state index contributed by atoms with van der Waals surface area (Å²) in [5.41, 5.74) is 3.33. The standard InChI is InChI=1S/C13H9N/c1-9-6-7-13-11(8-9)10-4-2-3-5-12(10)14-13/h2-5,8,14H,1H3. The molecule has 1 heterocycles. The molecule has 0 fully saturated rings. The smallest absolute Gasteiger partial charge is 0.0981 e. The lowest BCUT2D eigenvalue weighted by atomic mass is 10.1. The van der Waals surface area contributed by atoms with E-state index >= 15 is 0 Å². The first-order chi connectivity index (χ1) is 6.84. The van der Waals surface area contributed by atoms with Crippen molar-refractivity contribution < 1.29 is 0 Å². The Kier molecular flexibility index (Phi) is 1.35. The van der Waals surface area contributed by atoms with Crippen LogP contribution in [-0.2, 0) is 0 Å². The summed E-state index contributed by atoms with van der Waals surface area (Å²) in [6, 6.07) is 16.7. The van der Waals surface area contributed by atoms with Crippen LogP contribution in [0.25, 0.3) is 21.8 Å². The monoisotopic (exact) mass is 179 g/mol. The highest BCUT2D eigenvalue weighted by Crippen LogP contribution is 2.23. The third-order valence-electron chi connectivity index (χ3n) is 2.49. The Labute approximate surface area is 82.4 Å². The molecule has 0 saturated carbocycles. The first kappa shape index (κ1) is 7.46. The minimum absolute atomic E-state index is 1.04. The highest BCUT2D eigenvalue weighted by atomic mass is 14.7. The van der Waals surface area contributed by atoms with Crippen molar-refractivity contribution in [2.24, 2.45) is 0 Å². The number of rotatable bonds is 0. The van der Waals surface area contributed by atoms with E-state index in [-0.39, 0.29) is 0 Å². The predicted molar refractivity (Wildman–Crippen MR) is 58.2 cm³/mol. The van der Waals surface area contributed by atoms with E-state index < -0.39 is 0 Å². The maximum Gasteiger partial charge on any atom is 0.0981 e. The number of nitrogens with one attached hydrogen (secondary N) is 1. The lowest BCUT2D eigenvalue weighted by Gasteiger charge is -1.88. The Balaban J connectivity index is 2.58. The molecule has 3 rings (SSSR count). The van der Waals surface area contributed by atoms with Crippen molar-refractivity contribution in [3.05, 3.63) is 48.0 Å². The first-order valence-corrected chi connectivity index (χ1v) is 4.65. The van der Waals surface area contributed by atoms with Gasteiger partial charge in [-0.15, -0.1) is 0 Å². The van der Waals surface area contributed by atoms with Crippen LogP contribution in [0.15, 0.2) is 30.3 Å². The van der Waals surface area contributed by atoms with Gasteiger partial charge in [0.1, 0.15) is 0 Å². The first-order valence-electron chi connectivity index (χ1n) is 4.65. The van der Waals surface area contributed by atoms with E-state index in [4.69, 9.17) is 0 Å². The van der Waals surface area contributed by atoms with Crippen LogP contribution in [0.4, 0.5) is 0 Å². The maximum atomic E-state index is 3.32. The minimum Gasteiger partial charge on any atom is -0.348 e. The molecule has 0 amide bonds. The highest BCUT2D eigenvalue weighted by Gasteiger charge is 2.01. The van der Waals surface area contributed by atoms with Crippen molar-refractivity contribution in [2.45, 2.75) is 6.92 Å². The number of H-pyrrole nitrogens is 1. The van der Waals surface area contributed by atoms with Gasteiger partial charge in [-0.3, -0.25) is 0 Å². The Bertz CT molecular complexity index is 605. The van der Waals surface area contributed by atoms with E-state index in [2.05, 4.69) is 41.4 Å². The average Bonchev–Trinajstić information content (AvgIpc) is 2.56. The van der Waals surface area contributed by atoms with Gasteiger partial charge in [-0.2, -0.15) is 0 Å². The number of aromatic amines is 1. The summed E-state index contributed by atoms with van der Waals surface area (Å²) >= 11 is 0. The van der Waals surface area contributed by atoms with Crippen LogP contribution in [0.2, 0.25) is 0 Å². The van der Waals surface area contributed by atoms with Crippen LogP contribution in [0.5, 0.6) is 0 Å². The van der Waals surface area contributed by atoms with Gasteiger partial charge in [0.05, 0.1) is 5.52 Å². The second-order valence-electron chi connectivity index (χ2n) is 3.54. The summed E-state index contributed by atoms with van der Waals surface area (Å²) < 4.78 is 0. The Hall–Kier alpha value is -1.94. The molecule has 0 atom stereocenters. The SMILES string of the molecule is Cc1c#cc2[nH]c3ccccc3c2c1. The third kappa shape index (κ3) is 0.914. The highest BCUT2D eigenvalue weighted by molar-refractivity contribution is 6.06. The average molecular weight is 179 g/mol. The van der Waals surface area contributed by atoms with Gasteiger partial charge in [0.25, 0.3) is 0 Å². The van der Waals surface area contributed by atoms with E-state index in [0.29, 0.717) is 0 Å². The van der Waals surface area contributed by atoms with Gasteiger partial charge < -0.3 is 4.98 Å². The van der Waals surface area contributed by atoms with E-state index in [1.165, 1.54) is 10.8 Å². The molecule has 1 nitrogen and oxygen atoms in total. The topological polar surface area (TPSA) is 15.8 Å². The second-order valence-corrected chi connectivity index (χ2v) is 3.54. The molecule has 0 bridgehead atoms. The molecular weight excluding hydrogens is 170 g/mol. The van der Waals surface area contributed by atoms with Crippen molar-refractivity contribution in [2.75, 3.05) is 0 Å². The summed E-state index contributed by atoms with van der Waals surface area (Å²) in [6.07, 6.45) is 0. The van der Waals surface area contributed by atoms with E-state index in [1.54, 1.807) is 0 Å². The van der Waals surface area contributed by atoms with Crippen molar-refractivity contribution in [3.8, 4) is 0 Å². The zero-order valence-corrected chi connectivity index (χ0v) is 7.89. The fraction of sp³-hybridized carbons (Fsp3) is 0.0769. The molecule has 2 aromatic carbocycles. The molecule has 0 radical (unpaired) electrons. The number of aryl methyl sites for hydroxylation is 1. The minimum atomic E-state index is 1.04. The van der Waals surface area contributed by atoms with Gasteiger partial charge in [-0.25, -0.2) is 0 Å². The fourth-order valence-corrected chi connectivity index (χ4v) is 1.83.